The molecule has 0 N–H and O–H groups in total. The van der Waals surface area contributed by atoms with E-state index < -0.39 is 5.97 Å². The summed E-state index contributed by atoms with van der Waals surface area (Å²) in [6, 6.07) is 16.6. The van der Waals surface area contributed by atoms with E-state index >= 15 is 0 Å². The predicted molar refractivity (Wildman–Crippen MR) is 99.8 cm³/mol. The van der Waals surface area contributed by atoms with Gasteiger partial charge in [-0.05, 0) is 56.7 Å². The molecule has 0 aliphatic rings. The number of ether oxygens (including phenoxy) is 2. The molecule has 0 unspecified atom stereocenters. The molecule has 0 fully saturated rings. The third kappa shape index (κ3) is 4.11. The fourth-order valence-corrected chi connectivity index (χ4v) is 2.72. The van der Waals surface area contributed by atoms with Gasteiger partial charge in [0.1, 0.15) is 0 Å². The first-order chi connectivity index (χ1) is 12.6. The van der Waals surface area contributed by atoms with Crippen molar-refractivity contribution in [1.29, 1.82) is 0 Å². The van der Waals surface area contributed by atoms with E-state index in [1.807, 2.05) is 55.8 Å². The highest BCUT2D eigenvalue weighted by atomic mass is 16.6. The molecule has 0 aliphatic heterocycles. The Bertz CT molecular complexity index is 898. The lowest BCUT2D eigenvalue weighted by Crippen LogP contribution is -2.10. The molecule has 1 aromatic heterocycles. The van der Waals surface area contributed by atoms with Crippen LogP contribution in [0, 0.1) is 13.8 Å². The normalized spacial score (nSPS) is 10.6. The minimum absolute atomic E-state index is 0.408. The zero-order valence-electron chi connectivity index (χ0n) is 15.2. The van der Waals surface area contributed by atoms with Gasteiger partial charge in [0.25, 0.3) is 0 Å². The first-order valence-corrected chi connectivity index (χ1v) is 8.61. The van der Waals surface area contributed by atoms with Gasteiger partial charge < -0.3 is 9.47 Å². The molecule has 0 aliphatic carbocycles. The fourth-order valence-electron chi connectivity index (χ4n) is 2.72. The quantitative estimate of drug-likeness (QED) is 0.495. The van der Waals surface area contributed by atoms with E-state index in [-0.39, 0.29) is 0 Å². The molecule has 2 aromatic carbocycles. The summed E-state index contributed by atoms with van der Waals surface area (Å²) in [5.74, 6) is 0.574. The van der Waals surface area contributed by atoms with Crippen LogP contribution in [0.25, 0.3) is 0 Å². The molecule has 0 radical (unpaired) electrons. The van der Waals surface area contributed by atoms with Crippen LogP contribution in [0.4, 0.5) is 0 Å². The summed E-state index contributed by atoms with van der Waals surface area (Å²) in [6.45, 7) is 7.07. The molecule has 3 aromatic rings. The lowest BCUT2D eigenvalue weighted by atomic mass is 10.1. The van der Waals surface area contributed by atoms with Gasteiger partial charge in [0.15, 0.2) is 11.5 Å². The Morgan fingerprint density at radius 2 is 1.73 bits per heavy atom. The third-order valence-corrected chi connectivity index (χ3v) is 3.98. The number of rotatable bonds is 6. The zero-order chi connectivity index (χ0) is 18.5. The van der Waals surface area contributed by atoms with Gasteiger partial charge in [-0.3, -0.25) is 4.68 Å². The van der Waals surface area contributed by atoms with Crippen molar-refractivity contribution in [2.24, 2.45) is 0 Å². The first kappa shape index (κ1) is 17.7. The Balaban J connectivity index is 1.70. The largest absolute Gasteiger partial charge is 0.490 e. The topological polar surface area (TPSA) is 53.4 Å². The van der Waals surface area contributed by atoms with E-state index in [4.69, 9.17) is 9.47 Å². The highest BCUT2D eigenvalue weighted by Gasteiger charge is 2.12. The van der Waals surface area contributed by atoms with Crippen molar-refractivity contribution in [3.63, 3.8) is 0 Å². The molecule has 26 heavy (non-hydrogen) atoms. The summed E-state index contributed by atoms with van der Waals surface area (Å²) >= 11 is 0. The van der Waals surface area contributed by atoms with Crippen molar-refractivity contribution in [2.45, 2.75) is 27.3 Å². The van der Waals surface area contributed by atoms with Crippen LogP contribution in [-0.2, 0) is 6.54 Å². The number of hydrogen-bond acceptors (Lipinski definition) is 4. The average molecular weight is 350 g/mol. The Morgan fingerprint density at radius 1 is 1.04 bits per heavy atom. The predicted octanol–water partition coefficient (Wildman–Crippen LogP) is 4.17. The van der Waals surface area contributed by atoms with Gasteiger partial charge in [-0.1, -0.05) is 24.3 Å². The third-order valence-electron chi connectivity index (χ3n) is 3.98. The van der Waals surface area contributed by atoms with Crippen molar-refractivity contribution >= 4 is 5.97 Å². The molecule has 3 rings (SSSR count). The number of esters is 1. The number of para-hydroxylation sites is 2. The summed E-state index contributed by atoms with van der Waals surface area (Å²) in [4.78, 5) is 12.4. The number of carbonyl (C=O) groups excluding carboxylic acids is 1. The van der Waals surface area contributed by atoms with Crippen molar-refractivity contribution < 1.29 is 14.3 Å². The molecule has 1 heterocycles. The smallest absolute Gasteiger partial charge is 0.343 e. The second kappa shape index (κ2) is 7.87. The molecule has 0 atom stereocenters. The number of nitrogens with zero attached hydrogens (tertiary/aromatic N) is 2. The molecule has 5 heteroatoms. The minimum Gasteiger partial charge on any atom is -0.490 e. The summed E-state index contributed by atoms with van der Waals surface area (Å²) < 4.78 is 12.9. The van der Waals surface area contributed by atoms with Crippen LogP contribution in [0.1, 0.15) is 34.2 Å². The van der Waals surface area contributed by atoms with Gasteiger partial charge in [0.05, 0.1) is 24.4 Å². The van der Waals surface area contributed by atoms with Crippen LogP contribution in [0.3, 0.4) is 0 Å². The highest BCUT2D eigenvalue weighted by molar-refractivity contribution is 5.91. The Labute approximate surface area is 153 Å². The number of aryl methyl sites for hydroxylation is 2. The van der Waals surface area contributed by atoms with Crippen LogP contribution in [0.2, 0.25) is 0 Å². The molecule has 134 valence electrons. The molecular formula is C21H22N2O3. The fraction of sp³-hybridized carbons (Fsp3) is 0.238. The van der Waals surface area contributed by atoms with Crippen LogP contribution in [0.5, 0.6) is 11.5 Å². The van der Waals surface area contributed by atoms with Gasteiger partial charge in [-0.2, -0.15) is 5.10 Å². The molecule has 0 saturated carbocycles. The Morgan fingerprint density at radius 3 is 2.35 bits per heavy atom. The van der Waals surface area contributed by atoms with E-state index in [0.29, 0.717) is 30.2 Å². The Kier molecular flexibility index (Phi) is 5.37. The highest BCUT2D eigenvalue weighted by Crippen LogP contribution is 2.27. The number of hydrogen-bond donors (Lipinski definition) is 0. The van der Waals surface area contributed by atoms with Crippen molar-refractivity contribution in [1.82, 2.24) is 9.78 Å². The SMILES string of the molecule is CCOc1ccccc1OC(=O)c1ccc(Cn2nc(C)cc2C)cc1. The minimum atomic E-state index is -0.408. The average Bonchev–Trinajstić information content (AvgIpc) is 2.94. The van der Waals surface area contributed by atoms with E-state index in [2.05, 4.69) is 5.10 Å². The van der Waals surface area contributed by atoms with Crippen LogP contribution >= 0.6 is 0 Å². The van der Waals surface area contributed by atoms with E-state index in [1.54, 1.807) is 24.3 Å². The second-order valence-corrected chi connectivity index (χ2v) is 6.05. The maximum absolute atomic E-state index is 12.4. The number of carbonyl (C=O) groups is 1. The van der Waals surface area contributed by atoms with Crippen molar-refractivity contribution in [2.75, 3.05) is 6.61 Å². The van der Waals surface area contributed by atoms with Gasteiger partial charge >= 0.3 is 5.97 Å². The van der Waals surface area contributed by atoms with Gasteiger partial charge in [-0.25, -0.2) is 4.79 Å². The van der Waals surface area contributed by atoms with Crippen molar-refractivity contribution in [3.8, 4) is 11.5 Å². The van der Waals surface area contributed by atoms with Gasteiger partial charge in [0.2, 0.25) is 0 Å². The van der Waals surface area contributed by atoms with Crippen LogP contribution in [0.15, 0.2) is 54.6 Å². The maximum atomic E-state index is 12.4. The van der Waals surface area contributed by atoms with E-state index in [9.17, 15) is 4.79 Å². The van der Waals surface area contributed by atoms with E-state index in [0.717, 1.165) is 17.0 Å². The number of benzene rings is 2. The molecule has 0 bridgehead atoms. The molecular weight excluding hydrogens is 328 g/mol. The molecule has 0 saturated heterocycles. The lowest BCUT2D eigenvalue weighted by molar-refractivity contribution is 0.0728. The first-order valence-electron chi connectivity index (χ1n) is 8.61. The molecule has 0 amide bonds. The molecule has 5 nitrogen and oxygen atoms in total. The summed E-state index contributed by atoms with van der Waals surface area (Å²) in [5, 5.41) is 4.46. The monoisotopic (exact) mass is 350 g/mol. The van der Waals surface area contributed by atoms with Gasteiger partial charge in [0, 0.05) is 5.69 Å². The van der Waals surface area contributed by atoms with Crippen LogP contribution in [-0.4, -0.2) is 22.4 Å². The summed E-state index contributed by atoms with van der Waals surface area (Å²) in [5.41, 5.74) is 3.67. The Hall–Kier alpha value is -3.08. The molecule has 0 spiro atoms. The second-order valence-electron chi connectivity index (χ2n) is 6.05. The standard InChI is InChI=1S/C21H22N2O3/c1-4-25-19-7-5-6-8-20(19)26-21(24)18-11-9-17(10-12-18)14-23-16(3)13-15(2)22-23/h5-13H,4,14H2,1-3H3. The van der Waals surface area contributed by atoms with Crippen molar-refractivity contribution in [3.05, 3.63) is 77.1 Å². The zero-order valence-corrected chi connectivity index (χ0v) is 15.2. The maximum Gasteiger partial charge on any atom is 0.343 e. The van der Waals surface area contributed by atoms with Gasteiger partial charge in [-0.15, -0.1) is 0 Å². The lowest BCUT2D eigenvalue weighted by Gasteiger charge is -2.10. The van der Waals surface area contributed by atoms with E-state index in [1.165, 1.54) is 0 Å². The summed E-state index contributed by atoms with van der Waals surface area (Å²) in [6.07, 6.45) is 0. The summed E-state index contributed by atoms with van der Waals surface area (Å²) in [7, 11) is 0. The van der Waals surface area contributed by atoms with Crippen LogP contribution < -0.4 is 9.47 Å². The number of aromatic nitrogens is 2.